The van der Waals surface area contributed by atoms with Gasteiger partial charge in [0.1, 0.15) is 5.75 Å². The molecule has 0 aliphatic carbocycles. The third-order valence-corrected chi connectivity index (χ3v) is 5.79. The number of hydrogen-bond donors (Lipinski definition) is 0. The zero-order valence-electron chi connectivity index (χ0n) is 15.4. The molecule has 2 fully saturated rings. The van der Waals surface area contributed by atoms with Crippen LogP contribution in [-0.4, -0.2) is 43.2 Å². The van der Waals surface area contributed by atoms with Crippen molar-refractivity contribution in [2.24, 2.45) is 0 Å². The summed E-state index contributed by atoms with van der Waals surface area (Å²) < 4.78 is 10.8. The van der Waals surface area contributed by atoms with Crippen molar-refractivity contribution >= 4 is 5.91 Å². The smallest absolute Gasteiger partial charge is 0.254 e. The maximum atomic E-state index is 13.1. The molecular formula is C22H25NO3. The van der Waals surface area contributed by atoms with Crippen LogP contribution in [0, 0.1) is 0 Å². The van der Waals surface area contributed by atoms with E-state index in [0.29, 0.717) is 18.2 Å². The van der Waals surface area contributed by atoms with Crippen LogP contribution in [0.15, 0.2) is 48.5 Å². The summed E-state index contributed by atoms with van der Waals surface area (Å²) in [6, 6.07) is 16.5. The van der Waals surface area contributed by atoms with E-state index in [0.717, 1.165) is 48.1 Å². The van der Waals surface area contributed by atoms with E-state index in [9.17, 15) is 4.79 Å². The molecule has 2 atom stereocenters. The van der Waals surface area contributed by atoms with E-state index >= 15 is 0 Å². The summed E-state index contributed by atoms with van der Waals surface area (Å²) in [7, 11) is 3.45. The molecule has 2 heterocycles. The van der Waals surface area contributed by atoms with E-state index in [4.69, 9.17) is 9.47 Å². The lowest BCUT2D eigenvalue weighted by atomic mass is 9.97. The molecule has 2 bridgehead atoms. The molecule has 0 radical (unpaired) electrons. The van der Waals surface area contributed by atoms with Crippen LogP contribution in [-0.2, 0) is 4.74 Å². The third kappa shape index (κ3) is 3.10. The van der Waals surface area contributed by atoms with Gasteiger partial charge in [-0.25, -0.2) is 0 Å². The van der Waals surface area contributed by atoms with Gasteiger partial charge in [-0.2, -0.15) is 0 Å². The highest BCUT2D eigenvalue weighted by Gasteiger charge is 2.43. The van der Waals surface area contributed by atoms with Crippen molar-refractivity contribution in [3.8, 4) is 16.9 Å². The number of ether oxygens (including phenoxy) is 2. The van der Waals surface area contributed by atoms with Gasteiger partial charge in [-0.05, 0) is 61.1 Å². The molecule has 0 saturated carbocycles. The van der Waals surface area contributed by atoms with Crippen molar-refractivity contribution in [3.63, 3.8) is 0 Å². The first kappa shape index (κ1) is 17.1. The summed E-state index contributed by atoms with van der Waals surface area (Å²) in [6.45, 7) is 0. The summed E-state index contributed by atoms with van der Waals surface area (Å²) in [5, 5.41) is 0. The van der Waals surface area contributed by atoms with Crippen LogP contribution >= 0.6 is 0 Å². The van der Waals surface area contributed by atoms with Crippen molar-refractivity contribution in [1.29, 1.82) is 0 Å². The van der Waals surface area contributed by atoms with Gasteiger partial charge >= 0.3 is 0 Å². The highest BCUT2D eigenvalue weighted by Crippen LogP contribution is 2.37. The molecule has 4 rings (SSSR count). The average Bonchev–Trinajstić information content (AvgIpc) is 2.97. The first-order chi connectivity index (χ1) is 12.7. The Labute approximate surface area is 154 Å². The standard InChI is InChI=1S/C22H25NO3/c1-25-20-5-3-4-17(12-20)15-6-8-16(9-7-15)22(24)23-18-10-11-19(23)14-21(13-18)26-2/h3-9,12,18-19,21H,10-11,13-14H2,1-2H3. The molecule has 4 nitrogen and oxygen atoms in total. The Morgan fingerprint density at radius 2 is 1.65 bits per heavy atom. The minimum Gasteiger partial charge on any atom is -0.497 e. The quantitative estimate of drug-likeness (QED) is 0.831. The first-order valence-corrected chi connectivity index (χ1v) is 9.29. The van der Waals surface area contributed by atoms with Gasteiger partial charge in [0.2, 0.25) is 0 Å². The summed E-state index contributed by atoms with van der Waals surface area (Å²) in [5.41, 5.74) is 2.94. The minimum atomic E-state index is 0.157. The molecular weight excluding hydrogens is 326 g/mol. The first-order valence-electron chi connectivity index (χ1n) is 9.29. The number of carbonyl (C=O) groups excluding carboxylic acids is 1. The van der Waals surface area contributed by atoms with Crippen LogP contribution < -0.4 is 4.74 Å². The summed E-state index contributed by atoms with van der Waals surface area (Å²) in [4.78, 5) is 15.2. The number of rotatable bonds is 4. The largest absolute Gasteiger partial charge is 0.497 e. The zero-order chi connectivity index (χ0) is 18.1. The van der Waals surface area contributed by atoms with Crippen molar-refractivity contribution in [1.82, 2.24) is 4.90 Å². The molecule has 4 heteroatoms. The number of amides is 1. The van der Waals surface area contributed by atoms with Crippen molar-refractivity contribution in [2.75, 3.05) is 14.2 Å². The lowest BCUT2D eigenvalue weighted by Gasteiger charge is -2.38. The van der Waals surface area contributed by atoms with Crippen LogP contribution in [0.5, 0.6) is 5.75 Å². The lowest BCUT2D eigenvalue weighted by Crippen LogP contribution is -2.48. The second-order valence-corrected chi connectivity index (χ2v) is 7.24. The predicted octanol–water partition coefficient (Wildman–Crippen LogP) is 4.14. The van der Waals surface area contributed by atoms with Crippen molar-refractivity contribution in [2.45, 2.75) is 43.9 Å². The monoisotopic (exact) mass is 351 g/mol. The van der Waals surface area contributed by atoms with E-state index in [1.807, 2.05) is 42.5 Å². The zero-order valence-corrected chi connectivity index (χ0v) is 15.4. The van der Waals surface area contributed by atoms with Gasteiger partial charge in [0.25, 0.3) is 5.91 Å². The number of nitrogens with zero attached hydrogens (tertiary/aromatic N) is 1. The normalized spacial score (nSPS) is 24.5. The molecule has 2 aliphatic rings. The molecule has 2 aromatic carbocycles. The highest BCUT2D eigenvalue weighted by atomic mass is 16.5. The maximum Gasteiger partial charge on any atom is 0.254 e. The highest BCUT2D eigenvalue weighted by molar-refractivity contribution is 5.95. The molecule has 0 N–H and O–H groups in total. The molecule has 2 unspecified atom stereocenters. The van der Waals surface area contributed by atoms with Crippen LogP contribution in [0.25, 0.3) is 11.1 Å². The van der Waals surface area contributed by atoms with Crippen LogP contribution in [0.4, 0.5) is 0 Å². The van der Waals surface area contributed by atoms with Gasteiger partial charge in [-0.3, -0.25) is 4.79 Å². The maximum absolute atomic E-state index is 13.1. The number of hydrogen-bond acceptors (Lipinski definition) is 3. The summed E-state index contributed by atoms with van der Waals surface area (Å²) in [6.07, 6.45) is 4.41. The Kier molecular flexibility index (Phi) is 4.68. The van der Waals surface area contributed by atoms with Gasteiger partial charge in [-0.1, -0.05) is 24.3 Å². The van der Waals surface area contributed by atoms with E-state index < -0.39 is 0 Å². The number of piperidine rings is 1. The number of fused-ring (bicyclic) bond motifs is 2. The minimum absolute atomic E-state index is 0.157. The van der Waals surface area contributed by atoms with Gasteiger partial charge in [-0.15, -0.1) is 0 Å². The Morgan fingerprint density at radius 1 is 0.962 bits per heavy atom. The van der Waals surface area contributed by atoms with Gasteiger partial charge < -0.3 is 14.4 Å². The summed E-state index contributed by atoms with van der Waals surface area (Å²) >= 11 is 0. The third-order valence-electron chi connectivity index (χ3n) is 5.79. The van der Waals surface area contributed by atoms with Crippen molar-refractivity contribution in [3.05, 3.63) is 54.1 Å². The van der Waals surface area contributed by atoms with E-state index in [1.165, 1.54) is 0 Å². The van der Waals surface area contributed by atoms with Crippen LogP contribution in [0.3, 0.4) is 0 Å². The van der Waals surface area contributed by atoms with Crippen molar-refractivity contribution < 1.29 is 14.3 Å². The van der Waals surface area contributed by atoms with E-state index in [1.54, 1.807) is 14.2 Å². The Hall–Kier alpha value is -2.33. The second kappa shape index (κ2) is 7.12. The molecule has 0 spiro atoms. The molecule has 2 aromatic rings. The van der Waals surface area contributed by atoms with Gasteiger partial charge in [0, 0.05) is 24.8 Å². The van der Waals surface area contributed by atoms with Gasteiger partial charge in [0.05, 0.1) is 13.2 Å². The molecule has 2 aliphatic heterocycles. The second-order valence-electron chi connectivity index (χ2n) is 7.24. The molecule has 2 saturated heterocycles. The Morgan fingerprint density at radius 3 is 2.27 bits per heavy atom. The summed E-state index contributed by atoms with van der Waals surface area (Å²) in [5.74, 6) is 0.990. The SMILES string of the molecule is COc1cccc(-c2ccc(C(=O)N3C4CCC3CC(OC)C4)cc2)c1. The molecule has 136 valence electrons. The molecule has 0 aromatic heterocycles. The van der Waals surface area contributed by atoms with E-state index in [-0.39, 0.29) is 5.91 Å². The fourth-order valence-electron chi connectivity index (χ4n) is 4.41. The Balaban J connectivity index is 1.53. The predicted molar refractivity (Wildman–Crippen MR) is 101 cm³/mol. The number of benzene rings is 2. The number of methoxy groups -OCH3 is 2. The van der Waals surface area contributed by atoms with Crippen LogP contribution in [0.2, 0.25) is 0 Å². The molecule has 26 heavy (non-hydrogen) atoms. The molecule has 1 amide bonds. The van der Waals surface area contributed by atoms with Crippen LogP contribution in [0.1, 0.15) is 36.0 Å². The average molecular weight is 351 g/mol. The Bertz CT molecular complexity index is 772. The lowest BCUT2D eigenvalue weighted by molar-refractivity contribution is 0.00822. The fourth-order valence-corrected chi connectivity index (χ4v) is 4.41. The van der Waals surface area contributed by atoms with E-state index in [2.05, 4.69) is 11.0 Å². The fraction of sp³-hybridized carbons (Fsp3) is 0.409. The number of carbonyl (C=O) groups is 1. The van der Waals surface area contributed by atoms with Gasteiger partial charge in [0.15, 0.2) is 0 Å². The topological polar surface area (TPSA) is 38.8 Å².